The van der Waals surface area contributed by atoms with E-state index in [2.05, 4.69) is 5.32 Å². The molecule has 1 fully saturated rings. The maximum atomic E-state index is 12.5. The molecule has 2 amide bonds. The van der Waals surface area contributed by atoms with Gasteiger partial charge in [0.25, 0.3) is 5.91 Å². The number of hydrogen-bond donors (Lipinski definition) is 1. The minimum atomic E-state index is -0.578. The lowest BCUT2D eigenvalue weighted by atomic mass is 10.1. The summed E-state index contributed by atoms with van der Waals surface area (Å²) in [6, 6.07) is 0. The highest BCUT2D eigenvalue weighted by Gasteiger charge is 2.28. The molecule has 0 radical (unpaired) electrons. The Hall–Kier alpha value is -1.97. The van der Waals surface area contributed by atoms with Crippen LogP contribution in [0.4, 0.5) is 5.00 Å². The molecular formula is C18H27N3O5S. The Morgan fingerprint density at radius 2 is 1.85 bits per heavy atom. The van der Waals surface area contributed by atoms with Crippen LogP contribution < -0.4 is 5.32 Å². The number of rotatable bonds is 5. The zero-order chi connectivity index (χ0) is 20.3. The fraction of sp³-hybridized carbons (Fsp3) is 0.611. The summed E-state index contributed by atoms with van der Waals surface area (Å²) in [5, 5.41) is 3.12. The van der Waals surface area contributed by atoms with Crippen molar-refractivity contribution in [1.29, 1.82) is 0 Å². The van der Waals surface area contributed by atoms with Gasteiger partial charge in [0.15, 0.2) is 0 Å². The maximum absolute atomic E-state index is 12.5. The van der Waals surface area contributed by atoms with Gasteiger partial charge in [0, 0.05) is 27.2 Å². The number of nitrogens with one attached hydrogen (secondary N) is 1. The van der Waals surface area contributed by atoms with Crippen LogP contribution in [0.3, 0.4) is 0 Å². The SMILES string of the molecule is COC(=O)c1c(NC(=O)CN2C[C@@H](C)O[C@H](C)C2)sc(C(=O)N(C)C)c1C. The van der Waals surface area contributed by atoms with E-state index in [0.717, 1.165) is 11.3 Å². The maximum Gasteiger partial charge on any atom is 0.341 e. The number of methoxy groups -OCH3 is 1. The Bertz CT molecular complexity index is 721. The molecule has 8 nitrogen and oxygen atoms in total. The van der Waals surface area contributed by atoms with Gasteiger partial charge in [-0.3, -0.25) is 14.5 Å². The molecule has 0 spiro atoms. The van der Waals surface area contributed by atoms with Crippen LogP contribution in [0.1, 0.15) is 39.4 Å². The molecule has 1 saturated heterocycles. The van der Waals surface area contributed by atoms with E-state index in [1.807, 2.05) is 18.7 Å². The molecule has 1 aliphatic heterocycles. The molecule has 1 aliphatic rings. The molecule has 1 aromatic heterocycles. The van der Waals surface area contributed by atoms with Crippen molar-refractivity contribution in [2.24, 2.45) is 0 Å². The Morgan fingerprint density at radius 3 is 2.37 bits per heavy atom. The van der Waals surface area contributed by atoms with Crippen LogP contribution in [0.15, 0.2) is 0 Å². The zero-order valence-electron chi connectivity index (χ0n) is 16.6. The third-order valence-electron chi connectivity index (χ3n) is 4.25. The van der Waals surface area contributed by atoms with E-state index in [1.165, 1.54) is 12.0 Å². The molecule has 27 heavy (non-hydrogen) atoms. The number of carbonyl (C=O) groups excluding carboxylic acids is 3. The van der Waals surface area contributed by atoms with E-state index >= 15 is 0 Å². The molecule has 0 aliphatic carbocycles. The van der Waals surface area contributed by atoms with Crippen LogP contribution in [0.25, 0.3) is 0 Å². The highest BCUT2D eigenvalue weighted by atomic mass is 32.1. The quantitative estimate of drug-likeness (QED) is 0.759. The highest BCUT2D eigenvalue weighted by molar-refractivity contribution is 7.18. The van der Waals surface area contributed by atoms with Gasteiger partial charge < -0.3 is 19.7 Å². The Balaban J connectivity index is 2.21. The minimum absolute atomic E-state index is 0.0560. The summed E-state index contributed by atoms with van der Waals surface area (Å²) in [7, 11) is 4.55. The Labute approximate surface area is 163 Å². The van der Waals surface area contributed by atoms with Crippen LogP contribution in [0.5, 0.6) is 0 Å². The number of esters is 1. The predicted octanol–water partition coefficient (Wildman–Crippen LogP) is 1.59. The minimum Gasteiger partial charge on any atom is -0.465 e. The summed E-state index contributed by atoms with van der Waals surface area (Å²) < 4.78 is 10.5. The molecule has 150 valence electrons. The van der Waals surface area contributed by atoms with Crippen molar-refractivity contribution in [1.82, 2.24) is 9.80 Å². The first-order valence-electron chi connectivity index (χ1n) is 8.75. The summed E-state index contributed by atoms with van der Waals surface area (Å²) in [5.74, 6) is -1.05. The van der Waals surface area contributed by atoms with Crippen molar-refractivity contribution in [2.45, 2.75) is 33.0 Å². The standard InChI is InChI=1S/C18H27N3O5S/c1-10-7-21(8-11(2)26-10)9-13(22)19-16-14(18(24)25-6)12(3)15(27-16)17(23)20(4)5/h10-11H,7-9H2,1-6H3,(H,19,22)/t10-,11-/m1/s1. The molecule has 0 unspecified atom stereocenters. The second-order valence-electron chi connectivity index (χ2n) is 6.95. The summed E-state index contributed by atoms with van der Waals surface area (Å²) >= 11 is 1.09. The van der Waals surface area contributed by atoms with E-state index < -0.39 is 5.97 Å². The van der Waals surface area contributed by atoms with Crippen LogP contribution in [0, 0.1) is 6.92 Å². The second-order valence-corrected chi connectivity index (χ2v) is 7.97. The van der Waals surface area contributed by atoms with Crippen LogP contribution in [-0.4, -0.2) is 80.6 Å². The fourth-order valence-corrected chi connectivity index (χ4v) is 4.37. The first-order valence-corrected chi connectivity index (χ1v) is 9.56. The van der Waals surface area contributed by atoms with Gasteiger partial charge in [-0.15, -0.1) is 11.3 Å². The molecule has 0 saturated carbocycles. The molecule has 2 atom stereocenters. The largest absolute Gasteiger partial charge is 0.465 e. The lowest BCUT2D eigenvalue weighted by Gasteiger charge is -2.34. The molecule has 2 rings (SSSR count). The van der Waals surface area contributed by atoms with Crippen molar-refractivity contribution in [3.05, 3.63) is 16.0 Å². The number of anilines is 1. The van der Waals surface area contributed by atoms with Gasteiger partial charge in [0.1, 0.15) is 5.00 Å². The number of thiophene rings is 1. The topological polar surface area (TPSA) is 88.2 Å². The number of amides is 2. The van der Waals surface area contributed by atoms with Gasteiger partial charge in [-0.1, -0.05) is 0 Å². The Morgan fingerprint density at radius 1 is 1.26 bits per heavy atom. The molecule has 0 bridgehead atoms. The first-order chi connectivity index (χ1) is 12.6. The molecule has 9 heteroatoms. The molecule has 1 aromatic rings. The van der Waals surface area contributed by atoms with Crippen molar-refractivity contribution >= 4 is 34.1 Å². The molecule has 1 N–H and O–H groups in total. The monoisotopic (exact) mass is 397 g/mol. The van der Waals surface area contributed by atoms with Crippen LogP contribution in [-0.2, 0) is 14.3 Å². The second kappa shape index (κ2) is 8.81. The zero-order valence-corrected chi connectivity index (χ0v) is 17.4. The van der Waals surface area contributed by atoms with E-state index in [9.17, 15) is 14.4 Å². The van der Waals surface area contributed by atoms with Crippen molar-refractivity contribution in [3.8, 4) is 0 Å². The van der Waals surface area contributed by atoms with Gasteiger partial charge in [-0.2, -0.15) is 0 Å². The van der Waals surface area contributed by atoms with Crippen molar-refractivity contribution in [2.75, 3.05) is 46.2 Å². The van der Waals surface area contributed by atoms with Gasteiger partial charge in [-0.25, -0.2) is 4.79 Å². The van der Waals surface area contributed by atoms with Crippen LogP contribution >= 0.6 is 11.3 Å². The van der Waals surface area contributed by atoms with E-state index in [0.29, 0.717) is 28.5 Å². The molecular weight excluding hydrogens is 370 g/mol. The molecule has 0 aromatic carbocycles. The highest BCUT2D eigenvalue weighted by Crippen LogP contribution is 2.34. The van der Waals surface area contributed by atoms with Crippen molar-refractivity contribution in [3.63, 3.8) is 0 Å². The fourth-order valence-electron chi connectivity index (χ4n) is 3.14. The van der Waals surface area contributed by atoms with Gasteiger partial charge in [0.05, 0.1) is 36.3 Å². The average molecular weight is 397 g/mol. The van der Waals surface area contributed by atoms with Gasteiger partial charge in [0.2, 0.25) is 5.91 Å². The number of nitrogens with zero attached hydrogens (tertiary/aromatic N) is 2. The smallest absolute Gasteiger partial charge is 0.341 e. The number of morpholine rings is 1. The third-order valence-corrected chi connectivity index (χ3v) is 5.45. The lowest BCUT2D eigenvalue weighted by molar-refractivity contribution is -0.121. The molecule has 2 heterocycles. The van der Waals surface area contributed by atoms with E-state index in [1.54, 1.807) is 21.0 Å². The summed E-state index contributed by atoms with van der Waals surface area (Å²) in [4.78, 5) is 41.0. The number of carbonyl (C=O) groups is 3. The predicted molar refractivity (Wildman–Crippen MR) is 103 cm³/mol. The van der Waals surface area contributed by atoms with Gasteiger partial charge in [-0.05, 0) is 26.3 Å². The summed E-state index contributed by atoms with van der Waals surface area (Å²) in [5.41, 5.74) is 0.735. The van der Waals surface area contributed by atoms with Crippen molar-refractivity contribution < 1.29 is 23.9 Å². The number of hydrogen-bond acceptors (Lipinski definition) is 7. The normalized spacial score (nSPS) is 20.2. The van der Waals surface area contributed by atoms with Crippen LogP contribution in [0.2, 0.25) is 0 Å². The lowest BCUT2D eigenvalue weighted by Crippen LogP contribution is -2.48. The third kappa shape index (κ3) is 5.06. The Kier molecular flexibility index (Phi) is 6.96. The number of ether oxygens (including phenoxy) is 2. The summed E-state index contributed by atoms with van der Waals surface area (Å²) in [6.45, 7) is 7.13. The summed E-state index contributed by atoms with van der Waals surface area (Å²) in [6.07, 6.45) is 0.112. The average Bonchev–Trinajstić information content (AvgIpc) is 2.88. The first kappa shape index (κ1) is 21.3. The van der Waals surface area contributed by atoms with E-state index in [4.69, 9.17) is 9.47 Å². The van der Waals surface area contributed by atoms with Gasteiger partial charge >= 0.3 is 5.97 Å². The van der Waals surface area contributed by atoms with E-state index in [-0.39, 0.29) is 36.1 Å².